The van der Waals surface area contributed by atoms with Crippen molar-refractivity contribution in [2.45, 2.75) is 0 Å². The van der Waals surface area contributed by atoms with Crippen molar-refractivity contribution < 1.29 is 0 Å². The third kappa shape index (κ3) is 3.08. The molecule has 0 saturated heterocycles. The molecule has 1 aromatic heterocycles. The molecule has 2 N–H and O–H groups in total. The van der Waals surface area contributed by atoms with E-state index >= 15 is 0 Å². The molecule has 2 aromatic rings. The number of aromatic nitrogens is 1. The summed E-state index contributed by atoms with van der Waals surface area (Å²) in [5.41, 5.74) is 4.89. The predicted molar refractivity (Wildman–Crippen MR) is 83.1 cm³/mol. The lowest BCUT2D eigenvalue weighted by Crippen LogP contribution is -2.30. The second-order valence-electron chi connectivity index (χ2n) is 3.94. The first kappa shape index (κ1) is 13.5. The highest BCUT2D eigenvalue weighted by atomic mass is 79.9. The fourth-order valence-corrected chi connectivity index (χ4v) is 1.87. The maximum absolute atomic E-state index is 4.31. The molecule has 0 saturated carbocycles. The zero-order valence-corrected chi connectivity index (χ0v) is 11.9. The Balaban J connectivity index is 0.00000133. The number of hydrogen-bond acceptors (Lipinski definition) is 5. The maximum atomic E-state index is 4.31. The van der Waals surface area contributed by atoms with Gasteiger partial charge in [0.2, 0.25) is 5.96 Å². The number of hydrazone groups is 1. The lowest BCUT2D eigenvalue weighted by molar-refractivity contribution is 0.920. The minimum Gasteiger partial charge on any atom is -0.353 e. The molecule has 1 aliphatic heterocycles. The van der Waals surface area contributed by atoms with Gasteiger partial charge in [0, 0.05) is 23.7 Å². The smallest absolute Gasteiger partial charge is 0.212 e. The van der Waals surface area contributed by atoms with Gasteiger partial charge in [0.1, 0.15) is 0 Å². The highest BCUT2D eigenvalue weighted by molar-refractivity contribution is 8.93. The number of benzene rings is 1. The molecule has 5 nitrogen and oxygen atoms in total. The Morgan fingerprint density at radius 1 is 1.26 bits per heavy atom. The van der Waals surface area contributed by atoms with Crippen LogP contribution < -0.4 is 10.7 Å². The third-order valence-corrected chi connectivity index (χ3v) is 2.73. The standard InChI is InChI=1S/C13H13N5.BrH/c1-2-4-12-11(3-1)10(5-6-14-12)9-17-18-13-15-7-8-16-13;/h1-6,9H,7-8H2,(H2,15,16,18);1H. The molecule has 0 bridgehead atoms. The number of nitrogens with one attached hydrogen (secondary N) is 2. The molecule has 6 heteroatoms. The molecule has 0 amide bonds. The van der Waals surface area contributed by atoms with Gasteiger partial charge in [0.25, 0.3) is 0 Å². The Labute approximate surface area is 121 Å². The van der Waals surface area contributed by atoms with Crippen LogP contribution in [0, 0.1) is 0 Å². The average Bonchev–Trinajstić information content (AvgIpc) is 2.92. The van der Waals surface area contributed by atoms with Crippen LogP contribution in [0.1, 0.15) is 5.56 Å². The maximum Gasteiger partial charge on any atom is 0.212 e. The van der Waals surface area contributed by atoms with E-state index in [4.69, 9.17) is 0 Å². The van der Waals surface area contributed by atoms with E-state index < -0.39 is 0 Å². The first-order valence-corrected chi connectivity index (χ1v) is 5.85. The highest BCUT2D eigenvalue weighted by Gasteiger charge is 2.02. The number of guanidine groups is 1. The number of halogens is 1. The molecular formula is C13H14BrN5. The summed E-state index contributed by atoms with van der Waals surface area (Å²) in [6.45, 7) is 1.67. The van der Waals surface area contributed by atoms with Crippen molar-refractivity contribution >= 4 is 40.1 Å². The Morgan fingerprint density at radius 3 is 3.00 bits per heavy atom. The van der Waals surface area contributed by atoms with Crippen molar-refractivity contribution in [3.05, 3.63) is 42.1 Å². The monoisotopic (exact) mass is 319 g/mol. The fraction of sp³-hybridized carbons (Fsp3) is 0.154. The molecule has 0 radical (unpaired) electrons. The molecular weight excluding hydrogens is 306 g/mol. The normalized spacial score (nSPS) is 14.0. The second kappa shape index (κ2) is 6.29. The van der Waals surface area contributed by atoms with Gasteiger partial charge in [-0.3, -0.25) is 4.98 Å². The Bertz CT molecular complexity index is 618. The molecule has 0 unspecified atom stereocenters. The molecule has 1 aromatic carbocycles. The van der Waals surface area contributed by atoms with E-state index in [1.165, 1.54) is 0 Å². The van der Waals surface area contributed by atoms with Crippen LogP contribution in [-0.4, -0.2) is 30.2 Å². The summed E-state index contributed by atoms with van der Waals surface area (Å²) < 4.78 is 0. The number of hydrogen-bond donors (Lipinski definition) is 2. The highest BCUT2D eigenvalue weighted by Crippen LogP contribution is 2.13. The van der Waals surface area contributed by atoms with E-state index in [2.05, 4.69) is 25.8 Å². The molecule has 98 valence electrons. The number of nitrogens with zero attached hydrogens (tertiary/aromatic N) is 3. The summed E-state index contributed by atoms with van der Waals surface area (Å²) >= 11 is 0. The van der Waals surface area contributed by atoms with Crippen molar-refractivity contribution in [1.82, 2.24) is 15.7 Å². The fourth-order valence-electron chi connectivity index (χ4n) is 1.87. The first-order valence-electron chi connectivity index (χ1n) is 5.85. The van der Waals surface area contributed by atoms with Crippen LogP contribution in [0.2, 0.25) is 0 Å². The van der Waals surface area contributed by atoms with E-state index in [0.717, 1.165) is 35.5 Å². The van der Waals surface area contributed by atoms with E-state index in [-0.39, 0.29) is 17.0 Å². The quantitative estimate of drug-likeness (QED) is 0.654. The van der Waals surface area contributed by atoms with Crippen LogP contribution >= 0.6 is 17.0 Å². The predicted octanol–water partition coefficient (Wildman–Crippen LogP) is 1.70. The van der Waals surface area contributed by atoms with Gasteiger partial charge >= 0.3 is 0 Å². The SMILES string of the molecule is Br.C(=NNC1=NCCN1)c1ccnc2ccccc12. The second-order valence-corrected chi connectivity index (χ2v) is 3.94. The molecule has 19 heavy (non-hydrogen) atoms. The number of aliphatic imine (C=N–C) groups is 1. The number of pyridine rings is 1. The number of para-hydroxylation sites is 1. The van der Waals surface area contributed by atoms with Gasteiger partial charge in [-0.1, -0.05) is 18.2 Å². The van der Waals surface area contributed by atoms with Gasteiger partial charge in [-0.05, 0) is 12.1 Å². The van der Waals surface area contributed by atoms with Gasteiger partial charge < -0.3 is 5.32 Å². The van der Waals surface area contributed by atoms with E-state index in [1.54, 1.807) is 12.4 Å². The van der Waals surface area contributed by atoms with Crippen molar-refractivity contribution in [3.8, 4) is 0 Å². The van der Waals surface area contributed by atoms with E-state index in [1.807, 2.05) is 30.3 Å². The number of fused-ring (bicyclic) bond motifs is 1. The summed E-state index contributed by atoms with van der Waals surface area (Å²) in [4.78, 5) is 8.51. The lowest BCUT2D eigenvalue weighted by Gasteiger charge is -2.01. The van der Waals surface area contributed by atoms with Crippen LogP contribution in [0.3, 0.4) is 0 Å². The van der Waals surface area contributed by atoms with Gasteiger partial charge in [-0.15, -0.1) is 17.0 Å². The Hall–Kier alpha value is -1.95. The molecule has 0 aliphatic carbocycles. The van der Waals surface area contributed by atoms with Gasteiger partial charge in [0.15, 0.2) is 0 Å². The van der Waals surface area contributed by atoms with Crippen molar-refractivity contribution in [2.75, 3.05) is 13.1 Å². The van der Waals surface area contributed by atoms with Crippen LogP contribution in [0.5, 0.6) is 0 Å². The van der Waals surface area contributed by atoms with Crippen molar-refractivity contribution in [2.24, 2.45) is 10.1 Å². The topological polar surface area (TPSA) is 61.7 Å². The zero-order valence-electron chi connectivity index (χ0n) is 10.2. The molecule has 0 atom stereocenters. The van der Waals surface area contributed by atoms with E-state index in [9.17, 15) is 0 Å². The van der Waals surface area contributed by atoms with Crippen LogP contribution in [0.4, 0.5) is 0 Å². The Morgan fingerprint density at radius 2 is 2.16 bits per heavy atom. The Kier molecular flexibility index (Phi) is 4.46. The summed E-state index contributed by atoms with van der Waals surface area (Å²) in [5.74, 6) is 0.726. The van der Waals surface area contributed by atoms with Gasteiger partial charge in [-0.2, -0.15) is 5.10 Å². The van der Waals surface area contributed by atoms with Crippen molar-refractivity contribution in [1.29, 1.82) is 0 Å². The van der Waals surface area contributed by atoms with Crippen LogP contribution in [-0.2, 0) is 0 Å². The zero-order chi connectivity index (χ0) is 12.2. The summed E-state index contributed by atoms with van der Waals surface area (Å²) in [6, 6.07) is 9.94. The van der Waals surface area contributed by atoms with Crippen LogP contribution in [0.15, 0.2) is 46.6 Å². The molecule has 0 fully saturated rings. The largest absolute Gasteiger partial charge is 0.353 e. The average molecular weight is 320 g/mol. The summed E-state index contributed by atoms with van der Waals surface area (Å²) in [6.07, 6.45) is 3.57. The molecule has 1 aliphatic rings. The molecule has 0 spiro atoms. The molecule has 2 heterocycles. The van der Waals surface area contributed by atoms with Crippen LogP contribution in [0.25, 0.3) is 10.9 Å². The van der Waals surface area contributed by atoms with Gasteiger partial charge in [0.05, 0.1) is 18.3 Å². The van der Waals surface area contributed by atoms with Crippen molar-refractivity contribution in [3.63, 3.8) is 0 Å². The van der Waals surface area contributed by atoms with Gasteiger partial charge in [-0.25, -0.2) is 10.4 Å². The lowest BCUT2D eigenvalue weighted by atomic mass is 10.1. The minimum atomic E-state index is 0. The number of rotatable bonds is 2. The minimum absolute atomic E-state index is 0. The third-order valence-electron chi connectivity index (χ3n) is 2.73. The van der Waals surface area contributed by atoms with E-state index in [0.29, 0.717) is 0 Å². The summed E-state index contributed by atoms with van der Waals surface area (Å²) in [5, 5.41) is 8.36. The molecule has 3 rings (SSSR count). The first-order chi connectivity index (χ1) is 8.93. The summed E-state index contributed by atoms with van der Waals surface area (Å²) in [7, 11) is 0.